The molecule has 0 aromatic heterocycles. The van der Waals surface area contributed by atoms with Crippen LogP contribution >= 0.6 is 11.6 Å². The number of rotatable bonds is 6. The number of benzene rings is 2. The Bertz CT molecular complexity index is 868. The van der Waals surface area contributed by atoms with E-state index in [2.05, 4.69) is 26.5 Å². The molecule has 2 aromatic rings. The number of carbonyl (C=O) groups excluding carboxylic acids is 1. The predicted octanol–water partition coefficient (Wildman–Crippen LogP) is 2.82. The fourth-order valence-electron chi connectivity index (χ4n) is 4.07. The lowest BCUT2D eigenvalue weighted by Crippen LogP contribution is -2.49. The van der Waals surface area contributed by atoms with E-state index in [1.807, 2.05) is 36.4 Å². The van der Waals surface area contributed by atoms with E-state index in [1.165, 1.54) is 11.3 Å². The van der Waals surface area contributed by atoms with Gasteiger partial charge < -0.3 is 20.6 Å². The van der Waals surface area contributed by atoms with E-state index in [0.29, 0.717) is 24.5 Å². The number of nitrogens with zero attached hydrogens (tertiary/aromatic N) is 2. The van der Waals surface area contributed by atoms with Crippen molar-refractivity contribution < 1.29 is 9.90 Å². The number of piperazine rings is 1. The van der Waals surface area contributed by atoms with Crippen molar-refractivity contribution in [1.82, 2.24) is 4.90 Å². The Hall–Kier alpha value is -2.28. The van der Waals surface area contributed by atoms with E-state index < -0.39 is 6.10 Å². The van der Waals surface area contributed by atoms with Crippen LogP contribution in [0.4, 0.5) is 17.1 Å². The van der Waals surface area contributed by atoms with Gasteiger partial charge in [-0.3, -0.25) is 9.69 Å². The lowest BCUT2D eigenvalue weighted by molar-refractivity contribution is -0.116. The van der Waals surface area contributed by atoms with Gasteiger partial charge in [0.05, 0.1) is 16.8 Å². The number of hydrogen-bond donors (Lipinski definition) is 3. The molecule has 2 aromatic carbocycles. The number of para-hydroxylation sites is 1. The van der Waals surface area contributed by atoms with Gasteiger partial charge in [-0.15, -0.1) is 0 Å². The van der Waals surface area contributed by atoms with Gasteiger partial charge in [-0.2, -0.15) is 0 Å². The van der Waals surface area contributed by atoms with Gasteiger partial charge in [0, 0.05) is 57.1 Å². The van der Waals surface area contributed by atoms with Crippen molar-refractivity contribution in [3.05, 3.63) is 53.1 Å². The van der Waals surface area contributed by atoms with E-state index in [9.17, 15) is 9.90 Å². The fraction of sp³-hybridized carbons (Fsp3) is 0.409. The number of hydrogen-bond acceptors (Lipinski definition) is 5. The van der Waals surface area contributed by atoms with E-state index in [1.54, 1.807) is 0 Å². The van der Waals surface area contributed by atoms with Crippen LogP contribution < -0.4 is 15.5 Å². The molecule has 2 aliphatic rings. The highest BCUT2D eigenvalue weighted by Gasteiger charge is 2.24. The largest absolute Gasteiger partial charge is 0.390 e. The molecule has 1 saturated heterocycles. The minimum Gasteiger partial charge on any atom is -0.390 e. The van der Waals surface area contributed by atoms with Crippen molar-refractivity contribution in [2.45, 2.75) is 18.9 Å². The SMILES string of the molecule is O=C1CCc2c(cccc2N2CCN(CC(O)CNc3ccccc3Cl)CC2)N1. The number of β-amino-alcohol motifs (C(OH)–C–C–N with tert-alkyl or cyclic N) is 1. The summed E-state index contributed by atoms with van der Waals surface area (Å²) in [5.41, 5.74) is 4.26. The van der Waals surface area contributed by atoms with Gasteiger partial charge in [-0.1, -0.05) is 29.8 Å². The summed E-state index contributed by atoms with van der Waals surface area (Å²) in [7, 11) is 0. The van der Waals surface area contributed by atoms with Gasteiger partial charge in [0.2, 0.25) is 5.91 Å². The average Bonchev–Trinajstić information content (AvgIpc) is 2.73. The monoisotopic (exact) mass is 414 g/mol. The highest BCUT2D eigenvalue weighted by atomic mass is 35.5. The molecular formula is C22H27ClN4O2. The number of nitrogens with one attached hydrogen (secondary N) is 2. The number of aliphatic hydroxyl groups is 1. The molecule has 1 atom stereocenters. The Morgan fingerprint density at radius 1 is 1.07 bits per heavy atom. The van der Waals surface area contributed by atoms with Crippen molar-refractivity contribution in [1.29, 1.82) is 0 Å². The third-order valence-electron chi connectivity index (χ3n) is 5.61. The molecule has 154 valence electrons. The predicted molar refractivity (Wildman–Crippen MR) is 118 cm³/mol. The second-order valence-electron chi connectivity index (χ2n) is 7.65. The minimum atomic E-state index is -0.461. The first-order valence-corrected chi connectivity index (χ1v) is 10.5. The zero-order valence-electron chi connectivity index (χ0n) is 16.4. The van der Waals surface area contributed by atoms with Crippen LogP contribution in [0.3, 0.4) is 0 Å². The molecule has 0 bridgehead atoms. The number of carbonyl (C=O) groups is 1. The molecule has 0 aliphatic carbocycles. The summed E-state index contributed by atoms with van der Waals surface area (Å²) in [4.78, 5) is 16.3. The van der Waals surface area contributed by atoms with Crippen LogP contribution in [0.2, 0.25) is 5.02 Å². The van der Waals surface area contributed by atoms with Crippen LogP contribution in [0.5, 0.6) is 0 Å². The van der Waals surface area contributed by atoms with E-state index in [-0.39, 0.29) is 5.91 Å². The van der Waals surface area contributed by atoms with Gasteiger partial charge in [0.1, 0.15) is 0 Å². The summed E-state index contributed by atoms with van der Waals surface area (Å²) in [6.07, 6.45) is 0.885. The number of fused-ring (bicyclic) bond motifs is 1. The Morgan fingerprint density at radius 3 is 2.66 bits per heavy atom. The topological polar surface area (TPSA) is 67.8 Å². The molecule has 7 heteroatoms. The maximum atomic E-state index is 11.7. The third-order valence-corrected chi connectivity index (χ3v) is 5.94. The summed E-state index contributed by atoms with van der Waals surface area (Å²) < 4.78 is 0. The highest BCUT2D eigenvalue weighted by Crippen LogP contribution is 2.32. The minimum absolute atomic E-state index is 0.0962. The standard InChI is InChI=1S/C22H27ClN4O2/c23-18-4-1-2-5-20(18)24-14-16(28)15-26-10-12-27(13-11-26)21-7-3-6-19-17(21)8-9-22(29)25-19/h1-7,16,24,28H,8-15H2,(H,25,29). The Labute approximate surface area is 176 Å². The summed E-state index contributed by atoms with van der Waals surface area (Å²) in [6, 6.07) is 13.7. The van der Waals surface area contributed by atoms with Gasteiger partial charge in [-0.05, 0) is 36.2 Å². The van der Waals surface area contributed by atoms with E-state index in [4.69, 9.17) is 11.6 Å². The van der Waals surface area contributed by atoms with Crippen LogP contribution in [-0.4, -0.2) is 61.3 Å². The lowest BCUT2D eigenvalue weighted by Gasteiger charge is -2.38. The molecule has 2 heterocycles. The number of amides is 1. The normalized spacial score (nSPS) is 18.1. The number of aliphatic hydroxyl groups excluding tert-OH is 1. The van der Waals surface area contributed by atoms with Crippen LogP contribution in [0.15, 0.2) is 42.5 Å². The van der Waals surface area contributed by atoms with Crippen molar-refractivity contribution in [3.8, 4) is 0 Å². The maximum absolute atomic E-state index is 11.7. The summed E-state index contributed by atoms with van der Waals surface area (Å²) >= 11 is 6.15. The fourth-order valence-corrected chi connectivity index (χ4v) is 4.27. The van der Waals surface area contributed by atoms with Crippen LogP contribution in [-0.2, 0) is 11.2 Å². The smallest absolute Gasteiger partial charge is 0.224 e. The Morgan fingerprint density at radius 2 is 1.86 bits per heavy atom. The summed E-state index contributed by atoms with van der Waals surface area (Å²) in [5.74, 6) is 0.0962. The second-order valence-corrected chi connectivity index (χ2v) is 8.06. The van der Waals surface area contributed by atoms with Crippen molar-refractivity contribution >= 4 is 34.6 Å². The third kappa shape index (κ3) is 4.83. The molecular weight excluding hydrogens is 388 g/mol. The van der Waals surface area contributed by atoms with Gasteiger partial charge >= 0.3 is 0 Å². The molecule has 29 heavy (non-hydrogen) atoms. The lowest BCUT2D eigenvalue weighted by atomic mass is 10.00. The molecule has 4 rings (SSSR count). The van der Waals surface area contributed by atoms with Gasteiger partial charge in [0.25, 0.3) is 0 Å². The maximum Gasteiger partial charge on any atom is 0.224 e. The highest BCUT2D eigenvalue weighted by molar-refractivity contribution is 6.33. The quantitative estimate of drug-likeness (QED) is 0.678. The Balaban J connectivity index is 1.28. The molecule has 1 unspecified atom stereocenters. The van der Waals surface area contributed by atoms with Gasteiger partial charge in [-0.25, -0.2) is 0 Å². The molecule has 0 radical (unpaired) electrons. The molecule has 1 amide bonds. The molecule has 6 nitrogen and oxygen atoms in total. The second kappa shape index (κ2) is 9.03. The van der Waals surface area contributed by atoms with Crippen LogP contribution in [0.25, 0.3) is 0 Å². The van der Waals surface area contributed by atoms with Gasteiger partial charge in [0.15, 0.2) is 0 Å². The average molecular weight is 415 g/mol. The Kier molecular flexibility index (Phi) is 6.23. The first-order chi connectivity index (χ1) is 14.1. The van der Waals surface area contributed by atoms with Crippen LogP contribution in [0.1, 0.15) is 12.0 Å². The summed E-state index contributed by atoms with van der Waals surface area (Å²) in [5, 5.41) is 17.3. The zero-order chi connectivity index (χ0) is 20.2. The van der Waals surface area contributed by atoms with Crippen molar-refractivity contribution in [3.63, 3.8) is 0 Å². The summed E-state index contributed by atoms with van der Waals surface area (Å²) in [6.45, 7) is 4.73. The molecule has 3 N–H and O–H groups in total. The van der Waals surface area contributed by atoms with Crippen molar-refractivity contribution in [2.24, 2.45) is 0 Å². The number of anilines is 3. The molecule has 2 aliphatic heterocycles. The zero-order valence-corrected chi connectivity index (χ0v) is 17.2. The van der Waals surface area contributed by atoms with Crippen LogP contribution in [0, 0.1) is 0 Å². The molecule has 0 saturated carbocycles. The molecule has 0 spiro atoms. The first-order valence-electron chi connectivity index (χ1n) is 10.2. The number of halogens is 1. The molecule has 1 fully saturated rings. The van der Waals surface area contributed by atoms with Crippen molar-refractivity contribution in [2.75, 3.05) is 54.8 Å². The first kappa shape index (κ1) is 20.0. The van der Waals surface area contributed by atoms with E-state index in [0.717, 1.165) is 44.0 Å². The van der Waals surface area contributed by atoms with E-state index >= 15 is 0 Å².